The first kappa shape index (κ1) is 19.5. The third kappa shape index (κ3) is 4.54. The van der Waals surface area contributed by atoms with Gasteiger partial charge in [0.2, 0.25) is 5.95 Å². The van der Waals surface area contributed by atoms with Crippen LogP contribution in [-0.4, -0.2) is 23.1 Å². The fourth-order valence-corrected chi connectivity index (χ4v) is 2.91. The van der Waals surface area contributed by atoms with Crippen LogP contribution in [0.25, 0.3) is 0 Å². The molecule has 5 nitrogen and oxygen atoms in total. The molecule has 0 atom stereocenters. The molecule has 0 radical (unpaired) electrons. The zero-order valence-corrected chi connectivity index (χ0v) is 16.1. The fourth-order valence-electron chi connectivity index (χ4n) is 2.91. The summed E-state index contributed by atoms with van der Waals surface area (Å²) in [5.41, 5.74) is 2.38. The van der Waals surface area contributed by atoms with Crippen LogP contribution in [0.2, 0.25) is 0 Å². The van der Waals surface area contributed by atoms with Crippen molar-refractivity contribution in [1.29, 1.82) is 0 Å². The highest BCUT2D eigenvalue weighted by atomic mass is 19.1. The average Bonchev–Trinajstić information content (AvgIpc) is 2.67. The number of para-hydroxylation sites is 1. The lowest BCUT2D eigenvalue weighted by atomic mass is 10.2. The van der Waals surface area contributed by atoms with Gasteiger partial charge in [-0.15, -0.1) is 0 Å². The van der Waals surface area contributed by atoms with E-state index in [9.17, 15) is 8.78 Å². The van der Waals surface area contributed by atoms with Gasteiger partial charge in [-0.25, -0.2) is 13.8 Å². The van der Waals surface area contributed by atoms with E-state index in [2.05, 4.69) is 39.3 Å². The van der Waals surface area contributed by atoms with Gasteiger partial charge in [0.15, 0.2) is 0 Å². The van der Waals surface area contributed by atoms with Crippen molar-refractivity contribution in [3.63, 3.8) is 0 Å². The summed E-state index contributed by atoms with van der Waals surface area (Å²) >= 11 is 0. The van der Waals surface area contributed by atoms with Gasteiger partial charge in [0, 0.05) is 36.2 Å². The number of benzene rings is 2. The number of rotatable bonds is 7. The Bertz CT molecular complexity index is 920. The van der Waals surface area contributed by atoms with Crippen LogP contribution in [0.1, 0.15) is 19.5 Å². The van der Waals surface area contributed by atoms with Gasteiger partial charge < -0.3 is 15.5 Å². The summed E-state index contributed by atoms with van der Waals surface area (Å²) in [5.74, 6) is -0.718. The minimum absolute atomic E-state index is 0.241. The average molecular weight is 383 g/mol. The van der Waals surface area contributed by atoms with Crippen molar-refractivity contribution >= 4 is 28.8 Å². The van der Waals surface area contributed by atoms with E-state index in [1.807, 2.05) is 24.3 Å². The van der Waals surface area contributed by atoms with Crippen molar-refractivity contribution in [3.8, 4) is 0 Å². The number of nitrogens with zero attached hydrogens (tertiary/aromatic N) is 3. The molecule has 7 heteroatoms. The van der Waals surface area contributed by atoms with Gasteiger partial charge in [0.25, 0.3) is 0 Å². The van der Waals surface area contributed by atoms with Crippen molar-refractivity contribution in [3.05, 3.63) is 65.9 Å². The Labute approximate surface area is 163 Å². The second kappa shape index (κ2) is 8.65. The molecule has 3 rings (SSSR count). The van der Waals surface area contributed by atoms with Crippen molar-refractivity contribution in [2.24, 2.45) is 0 Å². The maximum Gasteiger partial charge on any atom is 0.229 e. The minimum Gasteiger partial charge on any atom is -0.372 e. The van der Waals surface area contributed by atoms with Crippen LogP contribution in [0.5, 0.6) is 0 Å². The molecule has 2 aromatic carbocycles. The van der Waals surface area contributed by atoms with Crippen LogP contribution in [0.3, 0.4) is 0 Å². The monoisotopic (exact) mass is 383 g/mol. The molecule has 3 aromatic rings. The summed E-state index contributed by atoms with van der Waals surface area (Å²) in [6.45, 7) is 7.89. The Balaban J connectivity index is 1.80. The molecule has 0 aliphatic carbocycles. The molecule has 146 valence electrons. The molecule has 1 heterocycles. The maximum atomic E-state index is 13.9. The van der Waals surface area contributed by atoms with Crippen LogP contribution < -0.4 is 15.5 Å². The number of aromatic nitrogens is 2. The van der Waals surface area contributed by atoms with Crippen molar-refractivity contribution in [2.45, 2.75) is 20.8 Å². The van der Waals surface area contributed by atoms with Crippen molar-refractivity contribution in [2.75, 3.05) is 28.6 Å². The van der Waals surface area contributed by atoms with E-state index >= 15 is 0 Å². The lowest BCUT2D eigenvalue weighted by Crippen LogP contribution is -2.21. The van der Waals surface area contributed by atoms with Crippen LogP contribution >= 0.6 is 0 Å². The van der Waals surface area contributed by atoms with Gasteiger partial charge >= 0.3 is 0 Å². The molecule has 0 bridgehead atoms. The van der Waals surface area contributed by atoms with Crippen LogP contribution in [0, 0.1) is 18.6 Å². The van der Waals surface area contributed by atoms with Gasteiger partial charge in [-0.2, -0.15) is 4.98 Å². The molecule has 0 unspecified atom stereocenters. The normalized spacial score (nSPS) is 10.6. The molecule has 0 spiro atoms. The summed E-state index contributed by atoms with van der Waals surface area (Å²) in [7, 11) is 0. The maximum absolute atomic E-state index is 13.9. The molecule has 1 aromatic heterocycles. The molecular weight excluding hydrogens is 360 g/mol. The second-order valence-electron chi connectivity index (χ2n) is 6.28. The Morgan fingerprint density at radius 2 is 1.54 bits per heavy atom. The first-order valence-electron chi connectivity index (χ1n) is 9.19. The number of halogens is 2. The Kier molecular flexibility index (Phi) is 6.03. The van der Waals surface area contributed by atoms with E-state index in [0.717, 1.165) is 24.5 Å². The summed E-state index contributed by atoms with van der Waals surface area (Å²) < 4.78 is 27.8. The van der Waals surface area contributed by atoms with E-state index < -0.39 is 11.6 Å². The zero-order valence-electron chi connectivity index (χ0n) is 16.1. The zero-order chi connectivity index (χ0) is 20.1. The summed E-state index contributed by atoms with van der Waals surface area (Å²) in [6, 6.07) is 13.3. The topological polar surface area (TPSA) is 53.1 Å². The summed E-state index contributed by atoms with van der Waals surface area (Å²) in [4.78, 5) is 10.9. The van der Waals surface area contributed by atoms with Crippen LogP contribution in [-0.2, 0) is 0 Å². The molecule has 2 N–H and O–H groups in total. The first-order chi connectivity index (χ1) is 13.5. The van der Waals surface area contributed by atoms with E-state index in [0.29, 0.717) is 17.5 Å². The van der Waals surface area contributed by atoms with E-state index in [1.165, 1.54) is 18.2 Å². The standard InChI is InChI=1S/C21H23F2N5/c1-4-28(5-2)16-11-9-15(10-12-16)25-21-24-14(3)13-19(27-21)26-20-17(22)7-6-8-18(20)23/h6-13H,4-5H2,1-3H3,(H2,24,25,26,27). The molecule has 28 heavy (non-hydrogen) atoms. The van der Waals surface area contributed by atoms with Gasteiger partial charge in [0.05, 0.1) is 0 Å². The van der Waals surface area contributed by atoms with Crippen LogP contribution in [0.15, 0.2) is 48.5 Å². The minimum atomic E-state index is -0.683. The van der Waals surface area contributed by atoms with Gasteiger partial charge in [-0.3, -0.25) is 0 Å². The van der Waals surface area contributed by atoms with E-state index in [-0.39, 0.29) is 5.69 Å². The number of hydrogen-bond acceptors (Lipinski definition) is 5. The third-order valence-electron chi connectivity index (χ3n) is 4.32. The quantitative estimate of drug-likeness (QED) is 0.572. The van der Waals surface area contributed by atoms with Gasteiger partial charge in [0.1, 0.15) is 23.1 Å². The van der Waals surface area contributed by atoms with Crippen molar-refractivity contribution in [1.82, 2.24) is 9.97 Å². The lowest BCUT2D eigenvalue weighted by molar-refractivity contribution is 0.590. The highest BCUT2D eigenvalue weighted by Gasteiger charge is 2.11. The predicted molar refractivity (Wildman–Crippen MR) is 110 cm³/mol. The largest absolute Gasteiger partial charge is 0.372 e. The Morgan fingerprint density at radius 1 is 0.893 bits per heavy atom. The molecule has 0 saturated heterocycles. The van der Waals surface area contributed by atoms with E-state index in [1.54, 1.807) is 13.0 Å². The summed E-state index contributed by atoms with van der Waals surface area (Å²) in [6.07, 6.45) is 0. The van der Waals surface area contributed by atoms with Gasteiger partial charge in [-0.1, -0.05) is 6.07 Å². The Hall–Kier alpha value is -3.22. The third-order valence-corrected chi connectivity index (χ3v) is 4.32. The van der Waals surface area contributed by atoms with Crippen LogP contribution in [0.4, 0.5) is 37.6 Å². The van der Waals surface area contributed by atoms with E-state index in [4.69, 9.17) is 0 Å². The number of aryl methyl sites for hydroxylation is 1. The smallest absolute Gasteiger partial charge is 0.229 e. The SMILES string of the molecule is CCN(CC)c1ccc(Nc2nc(C)cc(Nc3c(F)cccc3F)n2)cc1. The molecule has 0 aliphatic heterocycles. The number of anilines is 5. The highest BCUT2D eigenvalue weighted by molar-refractivity contribution is 5.62. The number of nitrogens with one attached hydrogen (secondary N) is 2. The Morgan fingerprint density at radius 3 is 2.14 bits per heavy atom. The fraction of sp³-hybridized carbons (Fsp3) is 0.238. The van der Waals surface area contributed by atoms with Crippen molar-refractivity contribution < 1.29 is 8.78 Å². The first-order valence-corrected chi connectivity index (χ1v) is 9.19. The molecule has 0 fully saturated rings. The molecular formula is C21H23F2N5. The highest BCUT2D eigenvalue weighted by Crippen LogP contribution is 2.24. The summed E-state index contributed by atoms with van der Waals surface area (Å²) in [5, 5.41) is 5.83. The molecule has 0 amide bonds. The predicted octanol–water partition coefficient (Wildman–Crippen LogP) is 5.40. The number of hydrogen-bond donors (Lipinski definition) is 2. The second-order valence-corrected chi connectivity index (χ2v) is 6.28. The lowest BCUT2D eigenvalue weighted by Gasteiger charge is -2.21. The molecule has 0 aliphatic rings. The van der Waals surface area contributed by atoms with Gasteiger partial charge in [-0.05, 0) is 57.2 Å². The molecule has 0 saturated carbocycles.